The number of piperidine rings is 1. The smallest absolute Gasteiger partial charge is 0.255 e. The molecule has 150 valence electrons. The molecule has 1 N–H and O–H groups in total. The van der Waals surface area contributed by atoms with Gasteiger partial charge in [-0.05, 0) is 24.3 Å². The third-order valence-electron chi connectivity index (χ3n) is 4.37. The predicted molar refractivity (Wildman–Crippen MR) is 101 cm³/mol. The first-order valence-electron chi connectivity index (χ1n) is 8.71. The van der Waals surface area contributed by atoms with Crippen molar-refractivity contribution in [3.8, 4) is 5.75 Å². The molecule has 9 heteroatoms. The fraction of sp³-hybridized carbons (Fsp3) is 0.316. The summed E-state index contributed by atoms with van der Waals surface area (Å²) in [6.07, 6.45) is 1.67. The predicted octanol–water partition coefficient (Wildman–Crippen LogP) is 3.02. The molecule has 2 aromatic rings. The molecule has 0 radical (unpaired) electrons. The number of nitrogens with one attached hydrogen (secondary N) is 1. The van der Waals surface area contributed by atoms with Crippen molar-refractivity contribution in [3.63, 3.8) is 0 Å². The number of rotatable bonds is 5. The first kappa shape index (κ1) is 20.1. The minimum Gasteiger partial charge on any atom is -0.487 e. The molecule has 0 atom stereocenters. The fourth-order valence-electron chi connectivity index (χ4n) is 3.06. The Kier molecular flexibility index (Phi) is 5.83. The number of likely N-dealkylation sites (tertiary alicyclic amines) is 1. The topological polar surface area (TPSA) is 75.7 Å². The van der Waals surface area contributed by atoms with Gasteiger partial charge in [0, 0.05) is 32.0 Å². The normalized spacial score (nSPS) is 15.3. The van der Waals surface area contributed by atoms with Gasteiger partial charge in [0.2, 0.25) is 10.0 Å². The van der Waals surface area contributed by atoms with E-state index in [9.17, 15) is 22.0 Å². The molecule has 0 unspecified atom stereocenters. The van der Waals surface area contributed by atoms with Gasteiger partial charge < -0.3 is 9.64 Å². The molecular weight excluding hydrogens is 390 g/mol. The summed E-state index contributed by atoms with van der Waals surface area (Å²) in [6, 6.07) is 9.53. The number of amides is 1. The van der Waals surface area contributed by atoms with Gasteiger partial charge in [-0.1, -0.05) is 12.1 Å². The molecule has 1 saturated heterocycles. The van der Waals surface area contributed by atoms with Crippen molar-refractivity contribution >= 4 is 21.6 Å². The second-order valence-corrected chi connectivity index (χ2v) is 8.35. The van der Waals surface area contributed by atoms with Crippen LogP contribution in [0.4, 0.5) is 14.5 Å². The van der Waals surface area contributed by atoms with Gasteiger partial charge >= 0.3 is 0 Å². The monoisotopic (exact) mass is 410 g/mol. The van der Waals surface area contributed by atoms with Crippen LogP contribution in [0.25, 0.3) is 0 Å². The van der Waals surface area contributed by atoms with E-state index in [1.807, 2.05) is 0 Å². The maximum atomic E-state index is 13.7. The van der Waals surface area contributed by atoms with Crippen LogP contribution in [0.2, 0.25) is 0 Å². The average molecular weight is 410 g/mol. The van der Waals surface area contributed by atoms with E-state index in [2.05, 4.69) is 4.72 Å². The summed E-state index contributed by atoms with van der Waals surface area (Å²) in [5, 5.41) is 0. The molecule has 1 fully saturated rings. The number of carbonyl (C=O) groups excluding carboxylic acids is 1. The van der Waals surface area contributed by atoms with Crippen LogP contribution in [0.15, 0.2) is 42.5 Å². The van der Waals surface area contributed by atoms with Gasteiger partial charge in [-0.2, -0.15) is 0 Å². The van der Waals surface area contributed by atoms with Gasteiger partial charge in [-0.25, -0.2) is 17.2 Å². The summed E-state index contributed by atoms with van der Waals surface area (Å²) in [7, 11) is -3.52. The number of benzene rings is 2. The summed E-state index contributed by atoms with van der Waals surface area (Å²) in [5.41, 5.74) is 0.485. The van der Waals surface area contributed by atoms with Gasteiger partial charge in [0.1, 0.15) is 11.9 Å². The van der Waals surface area contributed by atoms with Crippen molar-refractivity contribution in [1.29, 1.82) is 0 Å². The van der Waals surface area contributed by atoms with Crippen LogP contribution in [0.5, 0.6) is 5.75 Å². The van der Waals surface area contributed by atoms with Gasteiger partial charge in [0.25, 0.3) is 5.91 Å². The van der Waals surface area contributed by atoms with Crippen LogP contribution in [0.1, 0.15) is 23.2 Å². The van der Waals surface area contributed by atoms with Crippen LogP contribution in [-0.4, -0.2) is 44.7 Å². The Balaban J connectivity index is 1.64. The van der Waals surface area contributed by atoms with E-state index in [0.717, 1.165) is 18.4 Å². The van der Waals surface area contributed by atoms with E-state index < -0.39 is 21.7 Å². The second-order valence-electron chi connectivity index (χ2n) is 6.60. The molecule has 6 nitrogen and oxygen atoms in total. The molecule has 0 bridgehead atoms. The van der Waals surface area contributed by atoms with Crippen molar-refractivity contribution in [2.75, 3.05) is 24.1 Å². The van der Waals surface area contributed by atoms with Crippen molar-refractivity contribution < 1.29 is 26.7 Å². The average Bonchev–Trinajstić information content (AvgIpc) is 2.63. The van der Waals surface area contributed by atoms with Crippen LogP contribution in [-0.2, 0) is 10.0 Å². The molecule has 2 aromatic carbocycles. The van der Waals surface area contributed by atoms with Gasteiger partial charge in [-0.3, -0.25) is 9.52 Å². The molecule has 0 aliphatic carbocycles. The minimum atomic E-state index is -3.52. The lowest BCUT2D eigenvalue weighted by molar-refractivity contribution is 0.0589. The van der Waals surface area contributed by atoms with E-state index in [4.69, 9.17) is 4.74 Å². The number of hydrogen-bond donors (Lipinski definition) is 1. The number of anilines is 1. The van der Waals surface area contributed by atoms with Gasteiger partial charge in [0.05, 0.1) is 17.5 Å². The maximum absolute atomic E-state index is 13.7. The zero-order valence-electron chi connectivity index (χ0n) is 15.2. The Labute approximate surface area is 162 Å². The number of ether oxygens (including phenoxy) is 1. The van der Waals surface area contributed by atoms with Gasteiger partial charge in [0.15, 0.2) is 11.6 Å². The minimum absolute atomic E-state index is 0.0196. The summed E-state index contributed by atoms with van der Waals surface area (Å²) in [4.78, 5) is 14.4. The first-order valence-corrected chi connectivity index (χ1v) is 10.6. The Morgan fingerprint density at radius 1 is 1.14 bits per heavy atom. The zero-order chi connectivity index (χ0) is 20.3. The number of halogens is 2. The summed E-state index contributed by atoms with van der Waals surface area (Å²) in [5.74, 6) is -1.75. The molecule has 1 aliphatic rings. The van der Waals surface area contributed by atoms with Crippen LogP contribution < -0.4 is 9.46 Å². The standard InChI is InChI=1S/C19H20F2N2O4S/c1-28(25,26)22-17-5-3-2-4-15(17)19(24)23-10-8-14(9-11-23)27-18-7-6-13(20)12-16(18)21/h2-7,12,14,22H,8-11H2,1H3. The van der Waals surface area contributed by atoms with Crippen LogP contribution in [0.3, 0.4) is 0 Å². The van der Waals surface area contributed by atoms with Crippen LogP contribution >= 0.6 is 0 Å². The Bertz CT molecular complexity index is 974. The Morgan fingerprint density at radius 3 is 2.46 bits per heavy atom. The molecular formula is C19H20F2N2O4S. The summed E-state index contributed by atoms with van der Waals surface area (Å²) >= 11 is 0. The van der Waals surface area contributed by atoms with Crippen molar-refractivity contribution in [3.05, 3.63) is 59.7 Å². The van der Waals surface area contributed by atoms with E-state index >= 15 is 0 Å². The largest absolute Gasteiger partial charge is 0.487 e. The molecule has 0 spiro atoms. The number of para-hydroxylation sites is 1. The SMILES string of the molecule is CS(=O)(=O)Nc1ccccc1C(=O)N1CCC(Oc2ccc(F)cc2F)CC1. The van der Waals surface area contributed by atoms with E-state index in [1.165, 1.54) is 12.1 Å². The fourth-order valence-corrected chi connectivity index (χ4v) is 3.63. The van der Waals surface area contributed by atoms with E-state index in [-0.39, 0.29) is 29.0 Å². The molecule has 1 amide bonds. The molecule has 28 heavy (non-hydrogen) atoms. The van der Waals surface area contributed by atoms with Crippen molar-refractivity contribution in [2.45, 2.75) is 18.9 Å². The number of nitrogens with zero attached hydrogens (tertiary/aromatic N) is 1. The third-order valence-corrected chi connectivity index (χ3v) is 4.96. The highest BCUT2D eigenvalue weighted by Gasteiger charge is 2.27. The van der Waals surface area contributed by atoms with E-state index in [1.54, 1.807) is 23.1 Å². The van der Waals surface area contributed by atoms with Crippen molar-refractivity contribution in [1.82, 2.24) is 4.90 Å². The molecule has 1 aliphatic heterocycles. The third kappa shape index (κ3) is 4.98. The lowest BCUT2D eigenvalue weighted by Gasteiger charge is -2.32. The van der Waals surface area contributed by atoms with Crippen molar-refractivity contribution in [2.24, 2.45) is 0 Å². The summed E-state index contributed by atoms with van der Waals surface area (Å²) < 4.78 is 57.7. The first-order chi connectivity index (χ1) is 13.2. The Morgan fingerprint density at radius 2 is 1.82 bits per heavy atom. The highest BCUT2D eigenvalue weighted by molar-refractivity contribution is 7.92. The molecule has 0 aromatic heterocycles. The number of sulfonamides is 1. The van der Waals surface area contributed by atoms with Crippen LogP contribution in [0, 0.1) is 11.6 Å². The van der Waals surface area contributed by atoms with Gasteiger partial charge in [-0.15, -0.1) is 0 Å². The molecule has 0 saturated carbocycles. The Hall–Kier alpha value is -2.68. The summed E-state index contributed by atoms with van der Waals surface area (Å²) in [6.45, 7) is 0.749. The lowest BCUT2D eigenvalue weighted by Crippen LogP contribution is -2.42. The molecule has 3 rings (SSSR count). The highest BCUT2D eigenvalue weighted by Crippen LogP contribution is 2.25. The second kappa shape index (κ2) is 8.14. The number of hydrogen-bond acceptors (Lipinski definition) is 4. The quantitative estimate of drug-likeness (QED) is 0.822. The zero-order valence-corrected chi connectivity index (χ0v) is 16.0. The maximum Gasteiger partial charge on any atom is 0.255 e. The van der Waals surface area contributed by atoms with E-state index in [0.29, 0.717) is 25.9 Å². The number of carbonyl (C=O) groups is 1. The molecule has 1 heterocycles. The highest BCUT2D eigenvalue weighted by atomic mass is 32.2. The lowest BCUT2D eigenvalue weighted by atomic mass is 10.1.